The number of hydrogen-bond acceptors (Lipinski definition) is 3. The summed E-state index contributed by atoms with van der Waals surface area (Å²) in [5.41, 5.74) is 0. The van der Waals surface area contributed by atoms with E-state index in [4.69, 9.17) is 11.7 Å². The van der Waals surface area contributed by atoms with Gasteiger partial charge in [0.05, 0.1) is 25.8 Å². The molecule has 1 aliphatic heterocycles. The SMILES string of the molecule is C#CCN1CC(F)CN(CC#N)C1. The number of nitrogens with zero attached hydrogens (tertiary/aromatic N) is 3. The van der Waals surface area contributed by atoms with Gasteiger partial charge < -0.3 is 0 Å². The normalized spacial score (nSPS) is 25.0. The smallest absolute Gasteiger partial charge is 0.126 e. The molecular weight excluding hydrogens is 169 g/mol. The fourth-order valence-corrected chi connectivity index (χ4v) is 1.47. The summed E-state index contributed by atoms with van der Waals surface area (Å²) in [6, 6.07) is 2.00. The monoisotopic (exact) mass is 181 g/mol. The predicted molar refractivity (Wildman–Crippen MR) is 47.4 cm³/mol. The summed E-state index contributed by atoms with van der Waals surface area (Å²) >= 11 is 0. The molecule has 0 aromatic rings. The molecule has 1 unspecified atom stereocenters. The predicted octanol–water partition coefficient (Wildman–Crippen LogP) is 0.0564. The van der Waals surface area contributed by atoms with Crippen LogP contribution in [0.3, 0.4) is 0 Å². The Hall–Kier alpha value is -1.10. The minimum Gasteiger partial charge on any atom is -0.276 e. The quantitative estimate of drug-likeness (QED) is 0.445. The summed E-state index contributed by atoms with van der Waals surface area (Å²) in [7, 11) is 0. The van der Waals surface area contributed by atoms with Crippen LogP contribution in [0.25, 0.3) is 0 Å². The van der Waals surface area contributed by atoms with E-state index in [2.05, 4.69) is 5.92 Å². The van der Waals surface area contributed by atoms with Gasteiger partial charge in [0, 0.05) is 13.1 Å². The zero-order valence-corrected chi connectivity index (χ0v) is 7.41. The van der Waals surface area contributed by atoms with Crippen LogP contribution in [0, 0.1) is 23.7 Å². The van der Waals surface area contributed by atoms with Gasteiger partial charge in [-0.3, -0.25) is 9.80 Å². The van der Waals surface area contributed by atoms with Gasteiger partial charge in [0.1, 0.15) is 6.17 Å². The third-order valence-corrected chi connectivity index (χ3v) is 1.92. The van der Waals surface area contributed by atoms with Crippen LogP contribution in [0.5, 0.6) is 0 Å². The van der Waals surface area contributed by atoms with Crippen molar-refractivity contribution in [3.05, 3.63) is 0 Å². The van der Waals surface area contributed by atoms with Crippen molar-refractivity contribution in [3.8, 4) is 18.4 Å². The number of rotatable bonds is 2. The molecule has 1 rings (SSSR count). The minimum absolute atomic E-state index is 0.265. The molecule has 1 atom stereocenters. The molecule has 4 heteroatoms. The van der Waals surface area contributed by atoms with Crippen LogP contribution in [0.1, 0.15) is 0 Å². The molecule has 0 N–H and O–H groups in total. The van der Waals surface area contributed by atoms with Gasteiger partial charge in [-0.15, -0.1) is 6.42 Å². The van der Waals surface area contributed by atoms with Crippen molar-refractivity contribution in [2.45, 2.75) is 6.17 Å². The van der Waals surface area contributed by atoms with E-state index in [1.807, 2.05) is 11.0 Å². The highest BCUT2D eigenvalue weighted by atomic mass is 19.1. The lowest BCUT2D eigenvalue weighted by atomic mass is 10.2. The largest absolute Gasteiger partial charge is 0.276 e. The fourth-order valence-electron chi connectivity index (χ4n) is 1.47. The Morgan fingerprint density at radius 3 is 2.54 bits per heavy atom. The molecule has 1 aliphatic rings. The first-order chi connectivity index (χ1) is 6.26. The molecule has 0 spiro atoms. The molecule has 13 heavy (non-hydrogen) atoms. The standard InChI is InChI=1S/C9H12FN3/c1-2-4-12-6-9(10)7-13(8-12)5-3-11/h1,9H,4-8H2. The molecule has 70 valence electrons. The van der Waals surface area contributed by atoms with Gasteiger partial charge in [-0.05, 0) is 0 Å². The Morgan fingerprint density at radius 2 is 2.00 bits per heavy atom. The molecule has 1 fully saturated rings. The Kier molecular flexibility index (Phi) is 3.70. The van der Waals surface area contributed by atoms with Crippen LogP contribution >= 0.6 is 0 Å². The molecule has 0 amide bonds. The first-order valence-corrected chi connectivity index (χ1v) is 4.15. The lowest BCUT2D eigenvalue weighted by Crippen LogP contribution is -2.50. The number of halogens is 1. The zero-order valence-electron chi connectivity index (χ0n) is 7.41. The van der Waals surface area contributed by atoms with Crippen molar-refractivity contribution in [1.29, 1.82) is 5.26 Å². The van der Waals surface area contributed by atoms with Crippen molar-refractivity contribution < 1.29 is 4.39 Å². The second-order valence-corrected chi connectivity index (χ2v) is 3.12. The van der Waals surface area contributed by atoms with E-state index in [-0.39, 0.29) is 6.54 Å². The first kappa shape index (κ1) is 9.98. The molecule has 1 saturated heterocycles. The average molecular weight is 181 g/mol. The van der Waals surface area contributed by atoms with E-state index >= 15 is 0 Å². The Balaban J connectivity index is 2.44. The maximum absolute atomic E-state index is 13.1. The molecule has 0 aliphatic carbocycles. The fraction of sp³-hybridized carbons (Fsp3) is 0.667. The van der Waals surface area contributed by atoms with E-state index in [1.54, 1.807) is 4.90 Å². The van der Waals surface area contributed by atoms with E-state index < -0.39 is 6.17 Å². The minimum atomic E-state index is -0.893. The summed E-state index contributed by atoms with van der Waals surface area (Å²) in [6.45, 7) is 2.03. The third-order valence-electron chi connectivity index (χ3n) is 1.92. The Bertz CT molecular complexity index is 216. The van der Waals surface area contributed by atoms with Crippen LogP contribution in [0.4, 0.5) is 4.39 Å². The summed E-state index contributed by atoms with van der Waals surface area (Å²) in [6.07, 6.45) is 4.23. The van der Waals surface area contributed by atoms with E-state index in [9.17, 15) is 4.39 Å². The summed E-state index contributed by atoms with van der Waals surface area (Å²) in [5, 5.41) is 8.45. The van der Waals surface area contributed by atoms with Crippen molar-refractivity contribution in [2.24, 2.45) is 0 Å². The lowest BCUT2D eigenvalue weighted by Gasteiger charge is -2.34. The Labute approximate surface area is 77.7 Å². The Morgan fingerprint density at radius 1 is 1.38 bits per heavy atom. The molecule has 0 saturated carbocycles. The average Bonchev–Trinajstić information content (AvgIpc) is 2.04. The van der Waals surface area contributed by atoms with Crippen LogP contribution in [0.2, 0.25) is 0 Å². The summed E-state index contributed by atoms with van der Waals surface area (Å²) in [5.74, 6) is 2.47. The van der Waals surface area contributed by atoms with Crippen molar-refractivity contribution in [1.82, 2.24) is 9.80 Å². The highest BCUT2D eigenvalue weighted by molar-refractivity contribution is 4.91. The van der Waals surface area contributed by atoms with Gasteiger partial charge in [-0.2, -0.15) is 5.26 Å². The van der Waals surface area contributed by atoms with Gasteiger partial charge in [0.2, 0.25) is 0 Å². The van der Waals surface area contributed by atoms with Crippen LogP contribution < -0.4 is 0 Å². The third kappa shape index (κ3) is 3.02. The lowest BCUT2D eigenvalue weighted by molar-refractivity contribution is 0.0484. The van der Waals surface area contributed by atoms with E-state index in [0.717, 1.165) is 0 Å². The van der Waals surface area contributed by atoms with Crippen molar-refractivity contribution in [3.63, 3.8) is 0 Å². The zero-order chi connectivity index (χ0) is 9.68. The molecule has 0 bridgehead atoms. The second-order valence-electron chi connectivity index (χ2n) is 3.12. The van der Waals surface area contributed by atoms with Crippen molar-refractivity contribution in [2.75, 3.05) is 32.8 Å². The first-order valence-electron chi connectivity index (χ1n) is 4.15. The number of terminal acetylenes is 1. The van der Waals surface area contributed by atoms with Crippen LogP contribution in [0.15, 0.2) is 0 Å². The molecular formula is C9H12FN3. The number of alkyl halides is 1. The van der Waals surface area contributed by atoms with Gasteiger partial charge in [-0.1, -0.05) is 5.92 Å². The topological polar surface area (TPSA) is 30.3 Å². The number of nitriles is 1. The summed E-state index contributed by atoms with van der Waals surface area (Å²) < 4.78 is 13.1. The molecule has 0 aromatic carbocycles. The maximum Gasteiger partial charge on any atom is 0.126 e. The van der Waals surface area contributed by atoms with Crippen LogP contribution in [-0.4, -0.2) is 48.8 Å². The van der Waals surface area contributed by atoms with Crippen molar-refractivity contribution >= 4 is 0 Å². The molecule has 1 heterocycles. The summed E-state index contributed by atoms with van der Waals surface area (Å²) in [4.78, 5) is 3.58. The van der Waals surface area contributed by atoms with E-state index in [1.165, 1.54) is 0 Å². The second kappa shape index (κ2) is 4.81. The van der Waals surface area contributed by atoms with Gasteiger partial charge in [-0.25, -0.2) is 4.39 Å². The highest BCUT2D eigenvalue weighted by Crippen LogP contribution is 2.07. The molecule has 0 aromatic heterocycles. The molecule has 0 radical (unpaired) electrons. The highest BCUT2D eigenvalue weighted by Gasteiger charge is 2.23. The molecule has 3 nitrogen and oxygen atoms in total. The number of hydrogen-bond donors (Lipinski definition) is 0. The van der Waals surface area contributed by atoms with Gasteiger partial charge in [0.25, 0.3) is 0 Å². The van der Waals surface area contributed by atoms with Crippen LogP contribution in [-0.2, 0) is 0 Å². The maximum atomic E-state index is 13.1. The van der Waals surface area contributed by atoms with Gasteiger partial charge in [0.15, 0.2) is 0 Å². The van der Waals surface area contributed by atoms with Gasteiger partial charge >= 0.3 is 0 Å². The van der Waals surface area contributed by atoms with E-state index in [0.29, 0.717) is 26.3 Å².